The summed E-state index contributed by atoms with van der Waals surface area (Å²) in [4.78, 5) is 16.8. The van der Waals surface area contributed by atoms with Crippen LogP contribution < -0.4 is 9.62 Å². The van der Waals surface area contributed by atoms with Gasteiger partial charge in [-0.1, -0.05) is 30.3 Å². The monoisotopic (exact) mass is 481 g/mol. The molecule has 4 rings (SSSR count). The van der Waals surface area contributed by atoms with E-state index in [4.69, 9.17) is 0 Å². The number of amides is 1. The molecule has 178 valence electrons. The number of hydrogen-bond acceptors (Lipinski definition) is 4. The summed E-state index contributed by atoms with van der Waals surface area (Å²) in [6, 6.07) is 16.9. The van der Waals surface area contributed by atoms with Gasteiger partial charge in [0.25, 0.3) is 15.9 Å². The number of anilines is 2. The number of rotatable bonds is 5. The van der Waals surface area contributed by atoms with Gasteiger partial charge in [-0.25, -0.2) is 12.8 Å². The zero-order chi connectivity index (χ0) is 24.5. The number of piperazine rings is 1. The van der Waals surface area contributed by atoms with Gasteiger partial charge in [0.2, 0.25) is 0 Å². The highest BCUT2D eigenvalue weighted by Gasteiger charge is 2.26. The second-order valence-corrected chi connectivity index (χ2v) is 10.3. The SMILES string of the molecule is Cc1ccc(C)c(NS(=O)(=O)c2cc(C(=O)N3CCN(c4ccccc4F)CC3)ccc2C)c1. The molecule has 0 aromatic heterocycles. The van der Waals surface area contributed by atoms with Crippen molar-refractivity contribution in [3.63, 3.8) is 0 Å². The molecule has 1 aliphatic heterocycles. The van der Waals surface area contributed by atoms with Gasteiger partial charge in [-0.3, -0.25) is 9.52 Å². The maximum absolute atomic E-state index is 14.1. The van der Waals surface area contributed by atoms with Crippen molar-refractivity contribution in [3.05, 3.63) is 88.7 Å². The van der Waals surface area contributed by atoms with Crippen LogP contribution in [0.4, 0.5) is 15.8 Å². The largest absolute Gasteiger partial charge is 0.366 e. The molecule has 0 aliphatic carbocycles. The van der Waals surface area contributed by atoms with Crippen LogP contribution in [0, 0.1) is 26.6 Å². The van der Waals surface area contributed by atoms with Crippen molar-refractivity contribution < 1.29 is 17.6 Å². The van der Waals surface area contributed by atoms with Crippen LogP contribution in [-0.4, -0.2) is 45.4 Å². The Morgan fingerprint density at radius 1 is 0.882 bits per heavy atom. The van der Waals surface area contributed by atoms with Crippen molar-refractivity contribution in [2.75, 3.05) is 35.8 Å². The summed E-state index contributed by atoms with van der Waals surface area (Å²) in [7, 11) is -3.89. The molecule has 3 aromatic rings. The fourth-order valence-corrected chi connectivity index (χ4v) is 5.50. The number of hydrogen-bond donors (Lipinski definition) is 1. The zero-order valence-corrected chi connectivity index (χ0v) is 20.3. The Morgan fingerprint density at radius 2 is 1.56 bits per heavy atom. The van der Waals surface area contributed by atoms with E-state index in [0.717, 1.165) is 11.1 Å². The van der Waals surface area contributed by atoms with E-state index in [2.05, 4.69) is 4.72 Å². The number of halogens is 1. The first-order valence-corrected chi connectivity index (χ1v) is 12.6. The molecular formula is C26H28FN3O3S. The van der Waals surface area contributed by atoms with Crippen LogP contribution in [-0.2, 0) is 10.0 Å². The molecule has 0 unspecified atom stereocenters. The molecule has 0 radical (unpaired) electrons. The number of nitrogens with zero attached hydrogens (tertiary/aromatic N) is 2. The van der Waals surface area contributed by atoms with Crippen molar-refractivity contribution in [2.24, 2.45) is 0 Å². The molecule has 8 heteroatoms. The van der Waals surface area contributed by atoms with Gasteiger partial charge >= 0.3 is 0 Å². The molecule has 6 nitrogen and oxygen atoms in total. The molecule has 0 saturated carbocycles. The summed E-state index contributed by atoms with van der Waals surface area (Å²) in [5.74, 6) is -0.525. The van der Waals surface area contributed by atoms with Gasteiger partial charge < -0.3 is 9.80 Å². The number of aryl methyl sites for hydroxylation is 3. The van der Waals surface area contributed by atoms with Crippen LogP contribution in [0.3, 0.4) is 0 Å². The molecular weight excluding hydrogens is 453 g/mol. The van der Waals surface area contributed by atoms with Gasteiger partial charge in [-0.15, -0.1) is 0 Å². The van der Waals surface area contributed by atoms with E-state index in [0.29, 0.717) is 48.7 Å². The van der Waals surface area contributed by atoms with Gasteiger partial charge in [0.1, 0.15) is 5.82 Å². The van der Waals surface area contributed by atoms with Gasteiger partial charge in [-0.2, -0.15) is 0 Å². The number of para-hydroxylation sites is 1. The van der Waals surface area contributed by atoms with E-state index < -0.39 is 10.0 Å². The lowest BCUT2D eigenvalue weighted by atomic mass is 10.1. The highest BCUT2D eigenvalue weighted by molar-refractivity contribution is 7.92. The normalized spacial score (nSPS) is 14.2. The van der Waals surface area contributed by atoms with Crippen LogP contribution in [0.15, 0.2) is 65.6 Å². The van der Waals surface area contributed by atoms with Crippen LogP contribution in [0.5, 0.6) is 0 Å². The second kappa shape index (κ2) is 9.46. The van der Waals surface area contributed by atoms with Crippen molar-refractivity contribution in [2.45, 2.75) is 25.7 Å². The minimum atomic E-state index is -3.89. The fourth-order valence-electron chi connectivity index (χ4n) is 4.11. The predicted octanol–water partition coefficient (Wildman–Crippen LogP) is 4.51. The lowest BCUT2D eigenvalue weighted by molar-refractivity contribution is 0.0746. The topological polar surface area (TPSA) is 69.7 Å². The Labute approximate surface area is 200 Å². The molecule has 34 heavy (non-hydrogen) atoms. The Morgan fingerprint density at radius 3 is 2.26 bits per heavy atom. The van der Waals surface area contributed by atoms with Gasteiger partial charge in [-0.05, 0) is 67.8 Å². The molecule has 1 fully saturated rings. The van der Waals surface area contributed by atoms with Crippen molar-refractivity contribution in [1.29, 1.82) is 0 Å². The van der Waals surface area contributed by atoms with E-state index >= 15 is 0 Å². The smallest absolute Gasteiger partial charge is 0.262 e. The van der Waals surface area contributed by atoms with E-state index in [1.54, 1.807) is 48.2 Å². The first-order valence-electron chi connectivity index (χ1n) is 11.2. The average molecular weight is 482 g/mol. The molecule has 1 saturated heterocycles. The number of carbonyl (C=O) groups is 1. The third-order valence-corrected chi connectivity index (χ3v) is 7.63. The number of benzene rings is 3. The standard InChI is InChI=1S/C26H28FN3O3S/c1-18-8-9-19(2)23(16-18)28-34(32,33)25-17-21(11-10-20(25)3)26(31)30-14-12-29(13-15-30)24-7-5-4-6-22(24)27/h4-11,16-17,28H,12-15H2,1-3H3. The van der Waals surface area contributed by atoms with E-state index in [-0.39, 0.29) is 16.6 Å². The predicted molar refractivity (Wildman–Crippen MR) is 132 cm³/mol. The molecule has 0 atom stereocenters. The van der Waals surface area contributed by atoms with Crippen LogP contribution >= 0.6 is 0 Å². The average Bonchev–Trinajstić information content (AvgIpc) is 2.81. The van der Waals surface area contributed by atoms with Crippen LogP contribution in [0.1, 0.15) is 27.0 Å². The highest BCUT2D eigenvalue weighted by Crippen LogP contribution is 2.25. The maximum Gasteiger partial charge on any atom is 0.262 e. The van der Waals surface area contributed by atoms with Crippen molar-refractivity contribution in [1.82, 2.24) is 4.90 Å². The summed E-state index contributed by atoms with van der Waals surface area (Å²) >= 11 is 0. The van der Waals surface area contributed by atoms with Crippen molar-refractivity contribution >= 4 is 27.3 Å². The molecule has 1 N–H and O–H groups in total. The quantitative estimate of drug-likeness (QED) is 0.582. The van der Waals surface area contributed by atoms with Gasteiger partial charge in [0.05, 0.1) is 16.3 Å². The number of nitrogens with one attached hydrogen (secondary N) is 1. The van der Waals surface area contributed by atoms with Gasteiger partial charge in [0, 0.05) is 31.7 Å². The molecule has 1 amide bonds. The maximum atomic E-state index is 14.1. The highest BCUT2D eigenvalue weighted by atomic mass is 32.2. The molecule has 1 aliphatic rings. The summed E-state index contributed by atoms with van der Waals surface area (Å²) < 4.78 is 43.2. The summed E-state index contributed by atoms with van der Waals surface area (Å²) in [5, 5.41) is 0. The Balaban J connectivity index is 1.52. The summed E-state index contributed by atoms with van der Waals surface area (Å²) in [6.45, 7) is 7.28. The molecule has 0 bridgehead atoms. The lowest BCUT2D eigenvalue weighted by Crippen LogP contribution is -2.49. The summed E-state index contributed by atoms with van der Waals surface area (Å²) in [6.07, 6.45) is 0. The third-order valence-electron chi connectivity index (χ3n) is 6.12. The zero-order valence-electron chi connectivity index (χ0n) is 19.5. The molecule has 1 heterocycles. The Hall–Kier alpha value is -3.39. The second-order valence-electron chi connectivity index (χ2n) is 8.63. The fraction of sp³-hybridized carbons (Fsp3) is 0.269. The van der Waals surface area contributed by atoms with Crippen LogP contribution in [0.25, 0.3) is 0 Å². The van der Waals surface area contributed by atoms with Crippen molar-refractivity contribution in [3.8, 4) is 0 Å². The summed E-state index contributed by atoms with van der Waals surface area (Å²) in [5.41, 5.74) is 3.66. The first-order chi connectivity index (χ1) is 16.2. The molecule has 0 spiro atoms. The first kappa shape index (κ1) is 23.8. The third kappa shape index (κ3) is 4.92. The van der Waals surface area contributed by atoms with Crippen LogP contribution in [0.2, 0.25) is 0 Å². The Bertz CT molecular complexity index is 1330. The molecule has 3 aromatic carbocycles. The Kier molecular flexibility index (Phi) is 6.61. The van der Waals surface area contributed by atoms with E-state index in [1.807, 2.05) is 30.9 Å². The minimum absolute atomic E-state index is 0.0734. The van der Waals surface area contributed by atoms with E-state index in [9.17, 15) is 17.6 Å². The minimum Gasteiger partial charge on any atom is -0.366 e. The lowest BCUT2D eigenvalue weighted by Gasteiger charge is -2.36. The number of sulfonamides is 1. The van der Waals surface area contributed by atoms with E-state index in [1.165, 1.54) is 12.1 Å². The number of carbonyl (C=O) groups excluding carboxylic acids is 1. The van der Waals surface area contributed by atoms with Gasteiger partial charge in [0.15, 0.2) is 0 Å².